The van der Waals surface area contributed by atoms with Crippen molar-refractivity contribution in [3.05, 3.63) is 64.1 Å². The van der Waals surface area contributed by atoms with Crippen molar-refractivity contribution in [1.82, 2.24) is 4.90 Å². The van der Waals surface area contributed by atoms with Gasteiger partial charge in [0, 0.05) is 42.4 Å². The Balaban J connectivity index is 1.62. The number of nitrogens with zero attached hydrogens (tertiary/aromatic N) is 2. The van der Waals surface area contributed by atoms with Gasteiger partial charge in [0.05, 0.1) is 13.2 Å². The molecule has 0 N–H and O–H groups in total. The number of hydrogen-bond donors (Lipinski definition) is 0. The van der Waals surface area contributed by atoms with E-state index in [-0.39, 0.29) is 5.91 Å². The second-order valence-corrected chi connectivity index (χ2v) is 6.85. The molecule has 1 aliphatic heterocycles. The zero-order valence-corrected chi connectivity index (χ0v) is 15.3. The number of morpholine rings is 1. The smallest absolute Gasteiger partial charge is 0.253 e. The predicted octanol–water partition coefficient (Wildman–Crippen LogP) is 3.56. The minimum Gasteiger partial charge on any atom is -0.378 e. The number of carbonyl (C=O) groups excluding carboxylic acids is 1. The number of anilines is 1. The first-order valence-electron chi connectivity index (χ1n) is 8.06. The van der Waals surface area contributed by atoms with Crippen LogP contribution in [0.1, 0.15) is 15.9 Å². The van der Waals surface area contributed by atoms with Crippen molar-refractivity contribution in [2.24, 2.45) is 0 Å². The van der Waals surface area contributed by atoms with Crippen molar-refractivity contribution >= 4 is 27.5 Å². The third-order valence-corrected chi connectivity index (χ3v) is 4.70. The summed E-state index contributed by atoms with van der Waals surface area (Å²) in [4.78, 5) is 16.5. The van der Waals surface area contributed by atoms with E-state index in [2.05, 4.69) is 45.1 Å². The van der Waals surface area contributed by atoms with Crippen LogP contribution in [0.2, 0.25) is 0 Å². The first-order valence-corrected chi connectivity index (χ1v) is 8.85. The monoisotopic (exact) mass is 388 g/mol. The molecule has 4 nitrogen and oxygen atoms in total. The molecule has 1 saturated heterocycles. The van der Waals surface area contributed by atoms with Crippen LogP contribution in [-0.4, -0.2) is 44.2 Å². The van der Waals surface area contributed by atoms with Gasteiger partial charge in [0.2, 0.25) is 0 Å². The fourth-order valence-corrected chi connectivity index (χ4v) is 3.06. The number of rotatable bonds is 4. The van der Waals surface area contributed by atoms with Gasteiger partial charge >= 0.3 is 0 Å². The number of halogens is 1. The highest BCUT2D eigenvalue weighted by molar-refractivity contribution is 9.10. The van der Waals surface area contributed by atoms with Gasteiger partial charge in [0.25, 0.3) is 5.91 Å². The fraction of sp³-hybridized carbons (Fsp3) is 0.316. The second-order valence-electron chi connectivity index (χ2n) is 5.93. The van der Waals surface area contributed by atoms with Gasteiger partial charge in [-0.05, 0) is 42.0 Å². The molecular formula is C19H21BrN2O2. The lowest BCUT2D eigenvalue weighted by Crippen LogP contribution is -2.36. The Hall–Kier alpha value is -1.85. The van der Waals surface area contributed by atoms with Crippen molar-refractivity contribution < 1.29 is 9.53 Å². The molecule has 0 aliphatic carbocycles. The zero-order valence-electron chi connectivity index (χ0n) is 13.7. The van der Waals surface area contributed by atoms with Crippen LogP contribution in [0.5, 0.6) is 0 Å². The van der Waals surface area contributed by atoms with E-state index >= 15 is 0 Å². The maximum absolute atomic E-state index is 12.5. The molecule has 0 aromatic heterocycles. The highest BCUT2D eigenvalue weighted by Crippen LogP contribution is 2.18. The van der Waals surface area contributed by atoms with Crippen molar-refractivity contribution in [3.8, 4) is 0 Å². The van der Waals surface area contributed by atoms with Gasteiger partial charge in [-0.25, -0.2) is 0 Å². The molecule has 3 rings (SSSR count). The van der Waals surface area contributed by atoms with Crippen LogP contribution in [0.4, 0.5) is 5.69 Å². The van der Waals surface area contributed by atoms with Crippen LogP contribution in [0, 0.1) is 0 Å². The van der Waals surface area contributed by atoms with Gasteiger partial charge in [-0.15, -0.1) is 0 Å². The first kappa shape index (κ1) is 17.0. The van der Waals surface area contributed by atoms with Crippen LogP contribution >= 0.6 is 15.9 Å². The average Bonchev–Trinajstić information content (AvgIpc) is 2.63. The molecule has 126 valence electrons. The molecule has 0 spiro atoms. The highest BCUT2D eigenvalue weighted by Gasteiger charge is 2.13. The molecule has 0 saturated carbocycles. The molecule has 1 aliphatic rings. The summed E-state index contributed by atoms with van der Waals surface area (Å²) >= 11 is 3.39. The number of hydrogen-bond acceptors (Lipinski definition) is 3. The van der Waals surface area contributed by atoms with Gasteiger partial charge in [0.1, 0.15) is 0 Å². The summed E-state index contributed by atoms with van der Waals surface area (Å²) in [6.07, 6.45) is 0. The van der Waals surface area contributed by atoms with E-state index in [4.69, 9.17) is 4.74 Å². The number of carbonyl (C=O) groups is 1. The molecule has 0 atom stereocenters. The molecule has 1 amide bonds. The van der Waals surface area contributed by atoms with E-state index in [1.54, 1.807) is 4.90 Å². The number of ether oxygens (including phenoxy) is 1. The number of amides is 1. The van der Waals surface area contributed by atoms with Crippen molar-refractivity contribution in [2.45, 2.75) is 6.54 Å². The first-order chi connectivity index (χ1) is 11.6. The molecule has 24 heavy (non-hydrogen) atoms. The Morgan fingerprint density at radius 3 is 2.33 bits per heavy atom. The lowest BCUT2D eigenvalue weighted by atomic mass is 10.1. The molecule has 2 aromatic rings. The van der Waals surface area contributed by atoms with Crippen LogP contribution in [0.15, 0.2) is 53.0 Å². The average molecular weight is 389 g/mol. The highest BCUT2D eigenvalue weighted by atomic mass is 79.9. The third-order valence-electron chi connectivity index (χ3n) is 4.17. The van der Waals surface area contributed by atoms with Crippen LogP contribution in [0.25, 0.3) is 0 Å². The van der Waals surface area contributed by atoms with E-state index in [0.717, 1.165) is 36.3 Å². The summed E-state index contributed by atoms with van der Waals surface area (Å²) in [5, 5.41) is 0. The molecule has 0 bridgehead atoms. The Kier molecular flexibility index (Phi) is 5.53. The largest absolute Gasteiger partial charge is 0.378 e. The zero-order chi connectivity index (χ0) is 16.9. The maximum Gasteiger partial charge on any atom is 0.253 e. The van der Waals surface area contributed by atoms with Crippen molar-refractivity contribution in [1.29, 1.82) is 0 Å². The molecule has 2 aromatic carbocycles. The standard InChI is InChI=1S/C19H21BrN2O2/c1-21(19(23)16-4-6-17(20)7-5-16)14-15-2-8-18(9-3-15)22-10-12-24-13-11-22/h2-9H,10-14H2,1H3. The second kappa shape index (κ2) is 7.81. The van der Waals surface area contributed by atoms with Gasteiger partial charge in [-0.3, -0.25) is 4.79 Å². The van der Waals surface area contributed by atoms with Gasteiger partial charge in [0.15, 0.2) is 0 Å². The summed E-state index contributed by atoms with van der Waals surface area (Å²) in [5.74, 6) is 0.0276. The van der Waals surface area contributed by atoms with Gasteiger partial charge in [-0.2, -0.15) is 0 Å². The van der Waals surface area contributed by atoms with Gasteiger partial charge < -0.3 is 14.5 Å². The molecule has 0 unspecified atom stereocenters. The van der Waals surface area contributed by atoms with E-state index in [0.29, 0.717) is 12.1 Å². The minimum atomic E-state index is 0.0276. The van der Waals surface area contributed by atoms with Crippen LogP contribution in [0.3, 0.4) is 0 Å². The Labute approximate surface area is 151 Å². The fourth-order valence-electron chi connectivity index (χ4n) is 2.79. The van der Waals surface area contributed by atoms with Crippen molar-refractivity contribution in [3.63, 3.8) is 0 Å². The topological polar surface area (TPSA) is 32.8 Å². The lowest BCUT2D eigenvalue weighted by Gasteiger charge is -2.29. The normalized spacial score (nSPS) is 14.5. The third kappa shape index (κ3) is 4.16. The van der Waals surface area contributed by atoms with Crippen LogP contribution in [-0.2, 0) is 11.3 Å². The predicted molar refractivity (Wildman–Crippen MR) is 99.4 cm³/mol. The summed E-state index contributed by atoms with van der Waals surface area (Å²) in [5.41, 5.74) is 3.04. The summed E-state index contributed by atoms with van der Waals surface area (Å²) in [6, 6.07) is 15.9. The lowest BCUT2D eigenvalue weighted by molar-refractivity contribution is 0.0785. The summed E-state index contributed by atoms with van der Waals surface area (Å²) in [7, 11) is 1.83. The van der Waals surface area contributed by atoms with E-state index in [1.165, 1.54) is 5.69 Å². The van der Waals surface area contributed by atoms with E-state index in [1.807, 2.05) is 31.3 Å². The SMILES string of the molecule is CN(Cc1ccc(N2CCOCC2)cc1)C(=O)c1ccc(Br)cc1. The molecular weight excluding hydrogens is 368 g/mol. The molecule has 0 radical (unpaired) electrons. The molecule has 1 heterocycles. The van der Waals surface area contributed by atoms with Crippen LogP contribution < -0.4 is 4.90 Å². The Bertz CT molecular complexity index is 680. The summed E-state index contributed by atoms with van der Waals surface area (Å²) in [6.45, 7) is 4.03. The Morgan fingerprint density at radius 1 is 1.08 bits per heavy atom. The maximum atomic E-state index is 12.5. The minimum absolute atomic E-state index is 0.0276. The van der Waals surface area contributed by atoms with E-state index in [9.17, 15) is 4.79 Å². The quantitative estimate of drug-likeness (QED) is 0.802. The molecule has 1 fully saturated rings. The van der Waals surface area contributed by atoms with Gasteiger partial charge in [-0.1, -0.05) is 28.1 Å². The molecule has 5 heteroatoms. The van der Waals surface area contributed by atoms with E-state index < -0.39 is 0 Å². The summed E-state index contributed by atoms with van der Waals surface area (Å²) < 4.78 is 6.36. The van der Waals surface area contributed by atoms with Crippen molar-refractivity contribution in [2.75, 3.05) is 38.3 Å². The number of benzene rings is 2. The Morgan fingerprint density at radius 2 is 1.71 bits per heavy atom.